The Balaban J connectivity index is 1.73. The number of benzene rings is 2. The monoisotopic (exact) mass is 396 g/mol. The molecule has 29 heavy (non-hydrogen) atoms. The first-order valence-electron chi connectivity index (χ1n) is 9.95. The maximum atomic E-state index is 11.2. The SMILES string of the molecule is C=CC[C@H]1O[C@H](CC(=O)O)C[C@H](OCc2ccccc2)[C@@H]1OCc1ccccc1. The van der Waals surface area contributed by atoms with Crippen molar-refractivity contribution in [1.29, 1.82) is 0 Å². The lowest BCUT2D eigenvalue weighted by atomic mass is 9.94. The molecular weight excluding hydrogens is 368 g/mol. The van der Waals surface area contributed by atoms with Gasteiger partial charge in [0.2, 0.25) is 0 Å². The summed E-state index contributed by atoms with van der Waals surface area (Å²) in [6, 6.07) is 19.9. The molecule has 4 atom stereocenters. The first kappa shape index (κ1) is 21.2. The molecule has 0 aromatic heterocycles. The molecule has 0 bridgehead atoms. The molecule has 1 heterocycles. The summed E-state index contributed by atoms with van der Waals surface area (Å²) in [6.45, 7) is 4.70. The topological polar surface area (TPSA) is 65.0 Å². The quantitative estimate of drug-likeness (QED) is 0.604. The summed E-state index contributed by atoms with van der Waals surface area (Å²) < 4.78 is 18.5. The van der Waals surface area contributed by atoms with Crippen LogP contribution in [0, 0.1) is 0 Å². The number of carboxylic acid groups (broad SMARTS) is 1. The molecule has 0 saturated carbocycles. The van der Waals surface area contributed by atoms with Gasteiger partial charge in [0.25, 0.3) is 0 Å². The number of ether oxygens (including phenoxy) is 3. The molecule has 1 aliphatic heterocycles. The van der Waals surface area contributed by atoms with Gasteiger partial charge < -0.3 is 19.3 Å². The van der Waals surface area contributed by atoms with Crippen molar-refractivity contribution in [3.05, 3.63) is 84.4 Å². The van der Waals surface area contributed by atoms with Crippen LogP contribution in [0.3, 0.4) is 0 Å². The second kappa shape index (κ2) is 10.9. The highest BCUT2D eigenvalue weighted by Gasteiger charge is 2.40. The summed E-state index contributed by atoms with van der Waals surface area (Å²) in [5.41, 5.74) is 2.13. The third-order valence-electron chi connectivity index (χ3n) is 4.99. The van der Waals surface area contributed by atoms with Gasteiger partial charge in [-0.2, -0.15) is 0 Å². The Morgan fingerprint density at radius 2 is 1.62 bits per heavy atom. The van der Waals surface area contributed by atoms with Gasteiger partial charge in [0.05, 0.1) is 37.9 Å². The molecule has 3 rings (SSSR count). The Morgan fingerprint density at radius 3 is 2.17 bits per heavy atom. The molecule has 5 heteroatoms. The zero-order valence-corrected chi connectivity index (χ0v) is 16.5. The molecule has 1 fully saturated rings. The molecule has 0 spiro atoms. The van der Waals surface area contributed by atoms with Crippen LogP contribution in [0.5, 0.6) is 0 Å². The van der Waals surface area contributed by atoms with Gasteiger partial charge in [-0.3, -0.25) is 4.79 Å². The average Bonchev–Trinajstić information content (AvgIpc) is 2.73. The van der Waals surface area contributed by atoms with Crippen molar-refractivity contribution in [3.63, 3.8) is 0 Å². The first-order chi connectivity index (χ1) is 14.2. The van der Waals surface area contributed by atoms with Gasteiger partial charge >= 0.3 is 5.97 Å². The van der Waals surface area contributed by atoms with Gasteiger partial charge in [-0.05, 0) is 17.5 Å². The molecular formula is C24H28O5. The van der Waals surface area contributed by atoms with Gasteiger partial charge in [0.1, 0.15) is 6.10 Å². The normalized spacial score (nSPS) is 24.1. The fraction of sp³-hybridized carbons (Fsp3) is 0.375. The van der Waals surface area contributed by atoms with Gasteiger partial charge in [-0.25, -0.2) is 0 Å². The Hall–Kier alpha value is -2.47. The smallest absolute Gasteiger partial charge is 0.305 e. The summed E-state index contributed by atoms with van der Waals surface area (Å²) in [5.74, 6) is -0.877. The van der Waals surface area contributed by atoms with Crippen molar-refractivity contribution in [1.82, 2.24) is 0 Å². The maximum absolute atomic E-state index is 11.2. The van der Waals surface area contributed by atoms with Crippen LogP contribution in [0.1, 0.15) is 30.4 Å². The molecule has 0 radical (unpaired) electrons. The maximum Gasteiger partial charge on any atom is 0.305 e. The standard InChI is InChI=1S/C24H28O5/c1-2-9-21-24(28-17-19-12-7-4-8-13-19)22(14-20(29-21)15-23(25)26)27-16-18-10-5-3-6-11-18/h2-8,10-13,20-22,24H,1,9,14-17H2,(H,25,26)/t20-,21+,22-,24+/m0/s1. The molecule has 1 aliphatic rings. The van der Waals surface area contributed by atoms with Crippen molar-refractivity contribution in [3.8, 4) is 0 Å². The zero-order valence-electron chi connectivity index (χ0n) is 16.5. The summed E-state index contributed by atoms with van der Waals surface area (Å²) in [6.07, 6.45) is 1.51. The van der Waals surface area contributed by atoms with Crippen LogP contribution in [-0.2, 0) is 32.2 Å². The van der Waals surface area contributed by atoms with Crippen LogP contribution in [0.2, 0.25) is 0 Å². The van der Waals surface area contributed by atoms with Gasteiger partial charge in [0, 0.05) is 6.42 Å². The third-order valence-corrected chi connectivity index (χ3v) is 4.99. The van der Waals surface area contributed by atoms with E-state index in [1.165, 1.54) is 0 Å². The largest absolute Gasteiger partial charge is 0.481 e. The minimum atomic E-state index is -0.877. The van der Waals surface area contributed by atoms with Crippen molar-refractivity contribution >= 4 is 5.97 Å². The minimum Gasteiger partial charge on any atom is -0.481 e. The lowest BCUT2D eigenvalue weighted by molar-refractivity contribution is -0.209. The number of carbonyl (C=O) groups is 1. The van der Waals surface area contributed by atoms with E-state index in [9.17, 15) is 9.90 Å². The predicted octanol–water partition coefficient (Wildman–Crippen LogP) is 4.37. The van der Waals surface area contributed by atoms with E-state index in [-0.39, 0.29) is 24.7 Å². The van der Waals surface area contributed by atoms with Gasteiger partial charge in [-0.1, -0.05) is 66.7 Å². The van der Waals surface area contributed by atoms with Crippen molar-refractivity contribution < 1.29 is 24.1 Å². The fourth-order valence-corrected chi connectivity index (χ4v) is 3.61. The van der Waals surface area contributed by atoms with E-state index >= 15 is 0 Å². The Morgan fingerprint density at radius 1 is 1.03 bits per heavy atom. The van der Waals surface area contributed by atoms with E-state index in [0.717, 1.165) is 11.1 Å². The second-order valence-corrected chi connectivity index (χ2v) is 7.25. The summed E-state index contributed by atoms with van der Waals surface area (Å²) in [7, 11) is 0. The molecule has 2 aromatic rings. The number of hydrogen-bond donors (Lipinski definition) is 1. The van der Waals surface area contributed by atoms with Crippen molar-refractivity contribution in [2.75, 3.05) is 0 Å². The molecule has 0 amide bonds. The molecule has 154 valence electrons. The van der Waals surface area contributed by atoms with Crippen LogP contribution >= 0.6 is 0 Å². The summed E-state index contributed by atoms with van der Waals surface area (Å²) >= 11 is 0. The molecule has 1 saturated heterocycles. The number of rotatable bonds is 10. The van der Waals surface area contributed by atoms with Crippen LogP contribution < -0.4 is 0 Å². The fourth-order valence-electron chi connectivity index (χ4n) is 3.61. The molecule has 5 nitrogen and oxygen atoms in total. The summed E-state index contributed by atoms with van der Waals surface area (Å²) in [5, 5.41) is 9.22. The average molecular weight is 396 g/mol. The van der Waals surface area contributed by atoms with Crippen LogP contribution in [0.25, 0.3) is 0 Å². The van der Waals surface area contributed by atoms with Crippen molar-refractivity contribution in [2.45, 2.75) is 56.9 Å². The van der Waals surface area contributed by atoms with E-state index < -0.39 is 12.1 Å². The number of hydrogen-bond acceptors (Lipinski definition) is 4. The molecule has 0 unspecified atom stereocenters. The van der Waals surface area contributed by atoms with Crippen molar-refractivity contribution in [2.24, 2.45) is 0 Å². The lowest BCUT2D eigenvalue weighted by Gasteiger charge is -2.41. The van der Waals surface area contributed by atoms with Crippen LogP contribution in [0.4, 0.5) is 0 Å². The Kier molecular flexibility index (Phi) is 7.99. The van der Waals surface area contributed by atoms with E-state index in [2.05, 4.69) is 6.58 Å². The third kappa shape index (κ3) is 6.53. The van der Waals surface area contributed by atoms with Crippen LogP contribution in [0.15, 0.2) is 73.3 Å². The van der Waals surface area contributed by atoms with Crippen LogP contribution in [-0.4, -0.2) is 35.5 Å². The second-order valence-electron chi connectivity index (χ2n) is 7.25. The van der Waals surface area contributed by atoms with Gasteiger partial charge in [0.15, 0.2) is 0 Å². The highest BCUT2D eigenvalue weighted by molar-refractivity contribution is 5.67. The van der Waals surface area contributed by atoms with E-state index in [4.69, 9.17) is 14.2 Å². The highest BCUT2D eigenvalue weighted by atomic mass is 16.6. The zero-order chi connectivity index (χ0) is 20.5. The minimum absolute atomic E-state index is 0.0513. The highest BCUT2D eigenvalue weighted by Crippen LogP contribution is 2.30. The Labute approximate surface area is 171 Å². The predicted molar refractivity (Wildman–Crippen MR) is 110 cm³/mol. The van der Waals surface area contributed by atoms with Gasteiger partial charge in [-0.15, -0.1) is 6.58 Å². The molecule has 0 aliphatic carbocycles. The Bertz CT molecular complexity index is 761. The van der Waals surface area contributed by atoms with E-state index in [1.807, 2.05) is 60.7 Å². The van der Waals surface area contributed by atoms with E-state index in [1.54, 1.807) is 6.08 Å². The lowest BCUT2D eigenvalue weighted by Crippen LogP contribution is -2.51. The number of carboxylic acids is 1. The molecule has 2 aromatic carbocycles. The number of aliphatic carboxylic acids is 1. The summed E-state index contributed by atoms with van der Waals surface area (Å²) in [4.78, 5) is 11.2. The molecule has 1 N–H and O–H groups in total. The van der Waals surface area contributed by atoms with E-state index in [0.29, 0.717) is 26.1 Å². The first-order valence-corrected chi connectivity index (χ1v) is 9.95.